The van der Waals surface area contributed by atoms with Crippen LogP contribution in [0.3, 0.4) is 0 Å². The van der Waals surface area contributed by atoms with E-state index in [0.29, 0.717) is 28.4 Å². The number of ether oxygens (including phenoxy) is 2. The monoisotopic (exact) mass is 286 g/mol. The van der Waals surface area contributed by atoms with Gasteiger partial charge in [0.2, 0.25) is 0 Å². The van der Waals surface area contributed by atoms with Crippen LogP contribution in [0.5, 0.6) is 11.5 Å². The minimum Gasteiger partial charge on any atom is -0.496 e. The van der Waals surface area contributed by atoms with Gasteiger partial charge in [0.05, 0.1) is 25.6 Å². The van der Waals surface area contributed by atoms with Gasteiger partial charge in [0.15, 0.2) is 0 Å². The molecule has 1 amide bonds. The molecule has 0 aromatic heterocycles. The fraction of sp³-hybridized carbons (Fsp3) is 0.188. The zero-order chi connectivity index (χ0) is 15.4. The summed E-state index contributed by atoms with van der Waals surface area (Å²) >= 11 is 0. The molecule has 2 rings (SSSR count). The number of rotatable bonds is 4. The molecule has 0 unspecified atom stereocenters. The summed E-state index contributed by atoms with van der Waals surface area (Å²) in [7, 11) is 3.01. The summed E-state index contributed by atoms with van der Waals surface area (Å²) in [5.41, 5.74) is 8.29. The lowest BCUT2D eigenvalue weighted by Crippen LogP contribution is -2.15. The molecule has 0 fully saturated rings. The third-order valence-electron chi connectivity index (χ3n) is 3.11. The minimum atomic E-state index is -0.332. The number of benzene rings is 2. The number of aryl methyl sites for hydroxylation is 1. The first-order valence-corrected chi connectivity index (χ1v) is 6.45. The maximum Gasteiger partial charge on any atom is 0.263 e. The Labute approximate surface area is 123 Å². The van der Waals surface area contributed by atoms with Crippen LogP contribution in [0.25, 0.3) is 0 Å². The summed E-state index contributed by atoms with van der Waals surface area (Å²) in [6, 6.07) is 10.6. The molecule has 21 heavy (non-hydrogen) atoms. The second kappa shape index (κ2) is 6.17. The quantitative estimate of drug-likeness (QED) is 0.848. The molecular weight excluding hydrogens is 268 g/mol. The Bertz CT molecular complexity index is 646. The molecule has 2 aromatic carbocycles. The van der Waals surface area contributed by atoms with E-state index in [2.05, 4.69) is 5.32 Å². The molecule has 0 saturated heterocycles. The molecule has 0 aliphatic heterocycles. The summed E-state index contributed by atoms with van der Waals surface area (Å²) in [5.74, 6) is 0.553. The summed E-state index contributed by atoms with van der Waals surface area (Å²) in [6.45, 7) is 1.93. The highest BCUT2D eigenvalue weighted by atomic mass is 16.5. The van der Waals surface area contributed by atoms with Gasteiger partial charge in [-0.1, -0.05) is 12.1 Å². The second-order valence-corrected chi connectivity index (χ2v) is 4.58. The van der Waals surface area contributed by atoms with Crippen LogP contribution in [0.4, 0.5) is 11.4 Å². The van der Waals surface area contributed by atoms with Gasteiger partial charge in [0.25, 0.3) is 5.91 Å². The van der Waals surface area contributed by atoms with E-state index >= 15 is 0 Å². The van der Waals surface area contributed by atoms with Gasteiger partial charge in [0.1, 0.15) is 17.1 Å². The molecule has 0 heterocycles. The predicted octanol–water partition coefficient (Wildman–Crippen LogP) is 2.85. The number of carbonyl (C=O) groups excluding carboxylic acids is 1. The lowest BCUT2D eigenvalue weighted by molar-refractivity contribution is 0.102. The van der Waals surface area contributed by atoms with Crippen molar-refractivity contribution in [3.05, 3.63) is 47.5 Å². The molecule has 0 radical (unpaired) electrons. The van der Waals surface area contributed by atoms with Crippen LogP contribution < -0.4 is 20.5 Å². The van der Waals surface area contributed by atoms with Gasteiger partial charge in [-0.25, -0.2) is 0 Å². The lowest BCUT2D eigenvalue weighted by Gasteiger charge is -2.14. The highest BCUT2D eigenvalue weighted by Crippen LogP contribution is 2.30. The van der Waals surface area contributed by atoms with Crippen molar-refractivity contribution >= 4 is 17.3 Å². The number of anilines is 2. The van der Waals surface area contributed by atoms with Gasteiger partial charge >= 0.3 is 0 Å². The molecule has 110 valence electrons. The third-order valence-corrected chi connectivity index (χ3v) is 3.11. The first kappa shape index (κ1) is 14.7. The van der Waals surface area contributed by atoms with Crippen molar-refractivity contribution < 1.29 is 14.3 Å². The fourth-order valence-corrected chi connectivity index (χ4v) is 2.04. The Hall–Kier alpha value is -2.69. The fourth-order valence-electron chi connectivity index (χ4n) is 2.04. The molecular formula is C16H18N2O3. The van der Waals surface area contributed by atoms with Crippen molar-refractivity contribution in [3.63, 3.8) is 0 Å². The van der Waals surface area contributed by atoms with Gasteiger partial charge in [0, 0.05) is 0 Å². The normalized spacial score (nSPS) is 10.0. The summed E-state index contributed by atoms with van der Waals surface area (Å²) in [4.78, 5) is 12.5. The van der Waals surface area contributed by atoms with Crippen LogP contribution in [0.15, 0.2) is 36.4 Å². The summed E-state index contributed by atoms with van der Waals surface area (Å²) in [6.07, 6.45) is 0. The van der Waals surface area contributed by atoms with Crippen LogP contribution in [0.2, 0.25) is 0 Å². The number of amides is 1. The van der Waals surface area contributed by atoms with Gasteiger partial charge in [-0.05, 0) is 36.8 Å². The summed E-state index contributed by atoms with van der Waals surface area (Å²) in [5, 5.41) is 2.79. The molecule has 0 bridgehead atoms. The highest BCUT2D eigenvalue weighted by molar-refractivity contribution is 6.09. The first-order chi connectivity index (χ1) is 10.1. The first-order valence-electron chi connectivity index (χ1n) is 6.45. The topological polar surface area (TPSA) is 73.6 Å². The van der Waals surface area contributed by atoms with Crippen LogP contribution in [-0.4, -0.2) is 20.1 Å². The molecule has 5 nitrogen and oxygen atoms in total. The number of methoxy groups -OCH3 is 2. The standard InChI is InChI=1S/C16H18N2O3/c1-10-7-8-11(17)12(9-10)18-16(19)15-13(20-2)5-4-6-14(15)21-3/h4-9H,17H2,1-3H3,(H,18,19). The van der Waals surface area contributed by atoms with Crippen molar-refractivity contribution in [1.29, 1.82) is 0 Å². The van der Waals surface area contributed by atoms with Crippen LogP contribution in [0.1, 0.15) is 15.9 Å². The van der Waals surface area contributed by atoms with Gasteiger partial charge in [-0.3, -0.25) is 4.79 Å². The van der Waals surface area contributed by atoms with Gasteiger partial charge in [-0.2, -0.15) is 0 Å². The molecule has 5 heteroatoms. The lowest BCUT2D eigenvalue weighted by atomic mass is 10.1. The zero-order valence-corrected chi connectivity index (χ0v) is 12.3. The summed E-state index contributed by atoms with van der Waals surface area (Å²) < 4.78 is 10.5. The van der Waals surface area contributed by atoms with Crippen molar-refractivity contribution in [1.82, 2.24) is 0 Å². The Morgan fingerprint density at radius 2 is 1.71 bits per heavy atom. The molecule has 0 atom stereocenters. The van der Waals surface area contributed by atoms with E-state index in [9.17, 15) is 4.79 Å². The van der Waals surface area contributed by atoms with Crippen LogP contribution in [0, 0.1) is 6.92 Å². The van der Waals surface area contributed by atoms with E-state index in [0.717, 1.165) is 5.56 Å². The van der Waals surface area contributed by atoms with E-state index in [4.69, 9.17) is 15.2 Å². The largest absolute Gasteiger partial charge is 0.496 e. The average Bonchev–Trinajstić information content (AvgIpc) is 2.49. The number of nitrogens with two attached hydrogens (primary N) is 1. The maximum absolute atomic E-state index is 12.5. The number of hydrogen-bond donors (Lipinski definition) is 2. The minimum absolute atomic E-state index is 0.332. The molecule has 0 aliphatic carbocycles. The number of hydrogen-bond acceptors (Lipinski definition) is 4. The Kier molecular flexibility index (Phi) is 4.33. The van der Waals surface area contributed by atoms with Gasteiger partial charge < -0.3 is 20.5 Å². The van der Waals surface area contributed by atoms with Crippen molar-refractivity contribution in [2.75, 3.05) is 25.3 Å². The molecule has 0 spiro atoms. The molecule has 0 saturated carbocycles. The number of nitrogens with one attached hydrogen (secondary N) is 1. The number of nitrogen functional groups attached to an aromatic ring is 1. The van der Waals surface area contributed by atoms with E-state index in [1.165, 1.54) is 14.2 Å². The van der Waals surface area contributed by atoms with Gasteiger partial charge in [-0.15, -0.1) is 0 Å². The van der Waals surface area contributed by atoms with Crippen molar-refractivity contribution in [3.8, 4) is 11.5 Å². The molecule has 3 N–H and O–H groups in total. The van der Waals surface area contributed by atoms with E-state index in [1.807, 2.05) is 19.1 Å². The van der Waals surface area contributed by atoms with Crippen molar-refractivity contribution in [2.45, 2.75) is 6.92 Å². The second-order valence-electron chi connectivity index (χ2n) is 4.58. The SMILES string of the molecule is COc1cccc(OC)c1C(=O)Nc1cc(C)ccc1N. The molecule has 2 aromatic rings. The predicted molar refractivity (Wildman–Crippen MR) is 83.1 cm³/mol. The van der Waals surface area contributed by atoms with Crippen molar-refractivity contribution in [2.24, 2.45) is 0 Å². The van der Waals surface area contributed by atoms with Crippen LogP contribution in [-0.2, 0) is 0 Å². The average molecular weight is 286 g/mol. The van der Waals surface area contributed by atoms with E-state index in [1.54, 1.807) is 24.3 Å². The third kappa shape index (κ3) is 3.08. The Morgan fingerprint density at radius 1 is 1.10 bits per heavy atom. The highest BCUT2D eigenvalue weighted by Gasteiger charge is 2.18. The molecule has 0 aliphatic rings. The van der Waals surface area contributed by atoms with Crippen LogP contribution >= 0.6 is 0 Å². The van der Waals surface area contributed by atoms with E-state index < -0.39 is 0 Å². The Morgan fingerprint density at radius 3 is 2.29 bits per heavy atom. The smallest absolute Gasteiger partial charge is 0.263 e. The Balaban J connectivity index is 2.38. The maximum atomic E-state index is 12.5. The zero-order valence-electron chi connectivity index (χ0n) is 12.3. The number of carbonyl (C=O) groups is 1. The van der Waals surface area contributed by atoms with E-state index in [-0.39, 0.29) is 5.91 Å².